The molecule has 0 spiro atoms. The minimum Gasteiger partial charge on any atom is -0.370 e. The minimum atomic E-state index is 0.249. The quantitative estimate of drug-likeness (QED) is 0.786. The summed E-state index contributed by atoms with van der Waals surface area (Å²) in [5.74, 6) is 0.638. The number of nitrogens with two attached hydrogens (primary N) is 1. The second-order valence-corrected chi connectivity index (χ2v) is 4.00. The topological polar surface area (TPSA) is 54.5 Å². The van der Waals surface area contributed by atoms with Crippen molar-refractivity contribution in [2.24, 2.45) is 10.7 Å². The van der Waals surface area contributed by atoms with Crippen LogP contribution in [0, 0.1) is 0 Å². The second-order valence-electron chi connectivity index (χ2n) is 4.00. The lowest BCUT2D eigenvalue weighted by Crippen LogP contribution is -2.40. The molecule has 0 amide bonds. The smallest absolute Gasteiger partial charge is 0.192 e. The molecule has 0 saturated carbocycles. The van der Waals surface area contributed by atoms with Gasteiger partial charge >= 0.3 is 0 Å². The van der Waals surface area contributed by atoms with E-state index in [1.54, 1.807) is 6.20 Å². The van der Waals surface area contributed by atoms with Crippen LogP contribution in [0.25, 0.3) is 0 Å². The minimum absolute atomic E-state index is 0.249. The first-order chi connectivity index (χ1) is 7.20. The fourth-order valence-corrected chi connectivity index (χ4v) is 1.97. The van der Waals surface area contributed by atoms with Gasteiger partial charge in [0.15, 0.2) is 5.96 Å². The van der Waals surface area contributed by atoms with Crippen LogP contribution < -0.4 is 5.73 Å². The van der Waals surface area contributed by atoms with Crippen LogP contribution in [-0.2, 0) is 0 Å². The van der Waals surface area contributed by atoms with Crippen LogP contribution >= 0.6 is 0 Å². The maximum atomic E-state index is 5.86. The third-order valence-electron chi connectivity index (χ3n) is 2.65. The number of hydrogen-bond donors (Lipinski definition) is 1. The van der Waals surface area contributed by atoms with Crippen LogP contribution in [0.5, 0.6) is 0 Å². The van der Waals surface area contributed by atoms with Gasteiger partial charge < -0.3 is 10.6 Å². The predicted molar refractivity (Wildman–Crippen MR) is 60.4 cm³/mol. The molecule has 1 aromatic rings. The van der Waals surface area contributed by atoms with E-state index in [1.165, 1.54) is 5.56 Å². The van der Waals surface area contributed by atoms with Crippen molar-refractivity contribution < 1.29 is 0 Å². The van der Waals surface area contributed by atoms with Crippen LogP contribution in [0.15, 0.2) is 29.5 Å². The standard InChI is InChI=1S/C11H16N4/c1-8(2)15-10(7-14-11(15)12)9-4-3-5-13-6-9/h3-6,8,10H,7H2,1-2H3,(H2,12,14). The monoisotopic (exact) mass is 204 g/mol. The van der Waals surface area contributed by atoms with Gasteiger partial charge in [-0.25, -0.2) is 0 Å². The van der Waals surface area contributed by atoms with Crippen LogP contribution in [0.1, 0.15) is 25.5 Å². The number of aliphatic imine (C=N–C) groups is 1. The maximum Gasteiger partial charge on any atom is 0.192 e. The van der Waals surface area contributed by atoms with Crippen LogP contribution in [-0.4, -0.2) is 28.4 Å². The number of nitrogens with zero attached hydrogens (tertiary/aromatic N) is 3. The average molecular weight is 204 g/mol. The summed E-state index contributed by atoms with van der Waals surface area (Å²) in [5.41, 5.74) is 7.04. The number of pyridine rings is 1. The lowest BCUT2D eigenvalue weighted by atomic mass is 10.1. The Morgan fingerprint density at radius 3 is 2.93 bits per heavy atom. The van der Waals surface area contributed by atoms with Gasteiger partial charge in [-0.1, -0.05) is 6.07 Å². The van der Waals surface area contributed by atoms with Crippen molar-refractivity contribution in [3.63, 3.8) is 0 Å². The highest BCUT2D eigenvalue weighted by Crippen LogP contribution is 2.26. The molecule has 4 heteroatoms. The highest BCUT2D eigenvalue weighted by Gasteiger charge is 2.29. The van der Waals surface area contributed by atoms with Gasteiger partial charge in [-0.2, -0.15) is 0 Å². The van der Waals surface area contributed by atoms with Gasteiger partial charge in [-0.05, 0) is 25.5 Å². The highest BCUT2D eigenvalue weighted by atomic mass is 15.3. The van der Waals surface area contributed by atoms with E-state index in [4.69, 9.17) is 5.73 Å². The third-order valence-corrected chi connectivity index (χ3v) is 2.65. The van der Waals surface area contributed by atoms with Gasteiger partial charge in [0, 0.05) is 18.4 Å². The van der Waals surface area contributed by atoms with Gasteiger partial charge in [0.1, 0.15) is 0 Å². The fourth-order valence-electron chi connectivity index (χ4n) is 1.97. The van der Waals surface area contributed by atoms with Gasteiger partial charge in [-0.3, -0.25) is 9.98 Å². The summed E-state index contributed by atoms with van der Waals surface area (Å²) in [6.07, 6.45) is 3.66. The SMILES string of the molecule is CC(C)N1C(N)=NCC1c1cccnc1. The van der Waals surface area contributed by atoms with Crippen molar-refractivity contribution in [2.45, 2.75) is 25.9 Å². The molecule has 1 aliphatic rings. The van der Waals surface area contributed by atoms with E-state index in [9.17, 15) is 0 Å². The summed E-state index contributed by atoms with van der Waals surface area (Å²) >= 11 is 0. The maximum absolute atomic E-state index is 5.86. The molecule has 1 aromatic heterocycles. The van der Waals surface area contributed by atoms with Gasteiger partial charge in [0.05, 0.1) is 12.6 Å². The van der Waals surface area contributed by atoms with E-state index < -0.39 is 0 Å². The third kappa shape index (κ3) is 1.79. The molecule has 80 valence electrons. The molecule has 0 aliphatic carbocycles. The molecule has 1 aliphatic heterocycles. The molecule has 0 saturated heterocycles. The Morgan fingerprint density at radius 1 is 1.53 bits per heavy atom. The van der Waals surface area contributed by atoms with E-state index in [0.29, 0.717) is 12.0 Å². The predicted octanol–water partition coefficient (Wildman–Crippen LogP) is 1.16. The molecule has 2 N–H and O–H groups in total. The first kappa shape index (κ1) is 9.96. The Bertz CT molecular complexity index is 358. The van der Waals surface area contributed by atoms with Crippen molar-refractivity contribution >= 4 is 5.96 Å². The zero-order valence-electron chi connectivity index (χ0n) is 9.09. The number of rotatable bonds is 2. The molecule has 15 heavy (non-hydrogen) atoms. The zero-order valence-corrected chi connectivity index (χ0v) is 9.09. The van der Waals surface area contributed by atoms with E-state index in [0.717, 1.165) is 6.54 Å². The number of hydrogen-bond acceptors (Lipinski definition) is 4. The number of aromatic nitrogens is 1. The molecule has 4 nitrogen and oxygen atoms in total. The molecule has 0 fully saturated rings. The fraction of sp³-hybridized carbons (Fsp3) is 0.455. The van der Waals surface area contributed by atoms with Gasteiger partial charge in [0.25, 0.3) is 0 Å². The molecular formula is C11H16N4. The molecule has 2 heterocycles. The molecule has 0 radical (unpaired) electrons. The van der Waals surface area contributed by atoms with E-state index in [2.05, 4.69) is 34.8 Å². The van der Waals surface area contributed by atoms with Crippen LogP contribution in [0.4, 0.5) is 0 Å². The van der Waals surface area contributed by atoms with E-state index in [1.807, 2.05) is 12.3 Å². The van der Waals surface area contributed by atoms with Crippen LogP contribution in [0.2, 0.25) is 0 Å². The Balaban J connectivity index is 2.25. The molecule has 0 bridgehead atoms. The molecule has 0 aromatic carbocycles. The summed E-state index contributed by atoms with van der Waals surface area (Å²) in [5, 5.41) is 0. The first-order valence-corrected chi connectivity index (χ1v) is 5.18. The molecule has 2 rings (SSSR count). The summed E-state index contributed by atoms with van der Waals surface area (Å²) in [6.45, 7) is 4.98. The second kappa shape index (κ2) is 3.88. The van der Waals surface area contributed by atoms with Gasteiger partial charge in [0.2, 0.25) is 0 Å². The van der Waals surface area contributed by atoms with E-state index in [-0.39, 0.29) is 6.04 Å². The summed E-state index contributed by atoms with van der Waals surface area (Å²) < 4.78 is 0. The van der Waals surface area contributed by atoms with Crippen LogP contribution in [0.3, 0.4) is 0 Å². The summed E-state index contributed by atoms with van der Waals surface area (Å²) in [4.78, 5) is 10.6. The van der Waals surface area contributed by atoms with Gasteiger partial charge in [-0.15, -0.1) is 0 Å². The Morgan fingerprint density at radius 2 is 2.33 bits per heavy atom. The van der Waals surface area contributed by atoms with Crippen molar-refractivity contribution in [1.29, 1.82) is 0 Å². The summed E-state index contributed by atoms with van der Waals surface area (Å²) in [6, 6.07) is 4.63. The average Bonchev–Trinajstić information content (AvgIpc) is 2.61. The zero-order chi connectivity index (χ0) is 10.8. The van der Waals surface area contributed by atoms with Crippen molar-refractivity contribution in [3.8, 4) is 0 Å². The van der Waals surface area contributed by atoms with Crippen molar-refractivity contribution in [1.82, 2.24) is 9.88 Å². The first-order valence-electron chi connectivity index (χ1n) is 5.18. The Kier molecular flexibility index (Phi) is 2.58. The Labute approximate surface area is 89.8 Å². The Hall–Kier alpha value is -1.58. The normalized spacial score (nSPS) is 20.9. The number of guanidine groups is 1. The van der Waals surface area contributed by atoms with Crippen molar-refractivity contribution in [3.05, 3.63) is 30.1 Å². The van der Waals surface area contributed by atoms with E-state index >= 15 is 0 Å². The lowest BCUT2D eigenvalue weighted by Gasteiger charge is -2.30. The van der Waals surface area contributed by atoms with Crippen molar-refractivity contribution in [2.75, 3.05) is 6.54 Å². The largest absolute Gasteiger partial charge is 0.370 e. The molecule has 1 atom stereocenters. The molecule has 1 unspecified atom stereocenters. The summed E-state index contributed by atoms with van der Waals surface area (Å²) in [7, 11) is 0. The molecular weight excluding hydrogens is 188 g/mol. The lowest BCUT2D eigenvalue weighted by molar-refractivity contribution is 0.290. The highest BCUT2D eigenvalue weighted by molar-refractivity contribution is 5.80.